The molecule has 0 fully saturated rings. The first kappa shape index (κ1) is 64.0. The number of hydrogen-bond acceptors (Lipinski definition) is 6. The van der Waals surface area contributed by atoms with Crippen LogP contribution in [0.15, 0.2) is 24.3 Å². The van der Waals surface area contributed by atoms with Crippen LogP contribution in [0.25, 0.3) is 0 Å². The number of nitrogens with one attached hydrogen (secondary N) is 1. The zero-order valence-electron chi connectivity index (χ0n) is 44.0. The molecule has 3 atom stereocenters. The quantitative estimate of drug-likeness (QED) is 0.0272. The maximum absolute atomic E-state index is 12.7. The van der Waals surface area contributed by atoms with Crippen molar-refractivity contribution in [3.8, 4) is 0 Å². The Hall–Kier alpha value is -1.02. The molecule has 0 saturated heterocycles. The van der Waals surface area contributed by atoms with Crippen LogP contribution in [0.5, 0.6) is 0 Å². The zero-order chi connectivity index (χ0) is 47.8. The van der Waals surface area contributed by atoms with Crippen LogP contribution in [0.1, 0.15) is 277 Å². The van der Waals surface area contributed by atoms with Gasteiger partial charge >= 0.3 is 0 Å². The molecule has 0 aliphatic carbocycles. The van der Waals surface area contributed by atoms with Gasteiger partial charge in [0, 0.05) is 6.42 Å². The summed E-state index contributed by atoms with van der Waals surface area (Å²) in [4.78, 5) is 25.1. The molecule has 0 saturated carbocycles. The van der Waals surface area contributed by atoms with E-state index in [1.165, 1.54) is 218 Å². The van der Waals surface area contributed by atoms with Gasteiger partial charge < -0.3 is 28.8 Å². The van der Waals surface area contributed by atoms with E-state index in [1.807, 2.05) is 27.2 Å². The normalized spacial score (nSPS) is 14.1. The smallest absolute Gasteiger partial charge is 0.268 e. The minimum atomic E-state index is -4.57. The summed E-state index contributed by atoms with van der Waals surface area (Å²) in [6.07, 6.45) is 60.8. The summed E-state index contributed by atoms with van der Waals surface area (Å²) in [6.45, 7) is 4.51. The van der Waals surface area contributed by atoms with Gasteiger partial charge in [-0.2, -0.15) is 0 Å². The van der Waals surface area contributed by atoms with E-state index in [2.05, 4.69) is 31.3 Å². The van der Waals surface area contributed by atoms with E-state index in [0.29, 0.717) is 17.4 Å². The van der Waals surface area contributed by atoms with E-state index in [4.69, 9.17) is 9.05 Å². The third-order valence-corrected chi connectivity index (χ3v) is 13.9. The van der Waals surface area contributed by atoms with Gasteiger partial charge in [0.15, 0.2) is 0 Å². The number of rotatable bonds is 52. The number of aliphatic hydroxyl groups is 1. The number of unbranched alkanes of at least 4 members (excludes halogenated alkanes) is 37. The van der Waals surface area contributed by atoms with Crippen LogP contribution in [-0.4, -0.2) is 68.5 Å². The molecular weight excluding hydrogens is 828 g/mol. The highest BCUT2D eigenvalue weighted by Crippen LogP contribution is 2.38. The number of amides is 1. The van der Waals surface area contributed by atoms with E-state index >= 15 is 0 Å². The van der Waals surface area contributed by atoms with Gasteiger partial charge in [-0.15, -0.1) is 0 Å². The highest BCUT2D eigenvalue weighted by molar-refractivity contribution is 7.45. The van der Waals surface area contributed by atoms with Crippen molar-refractivity contribution in [1.82, 2.24) is 5.32 Å². The Labute approximate surface area is 404 Å². The highest BCUT2D eigenvalue weighted by atomic mass is 31.2. The number of carbonyl (C=O) groups excluding carboxylic acids is 1. The molecule has 8 nitrogen and oxygen atoms in total. The molecule has 0 radical (unpaired) electrons. The predicted molar refractivity (Wildman–Crippen MR) is 279 cm³/mol. The van der Waals surface area contributed by atoms with Crippen LogP contribution in [0.3, 0.4) is 0 Å². The van der Waals surface area contributed by atoms with Gasteiger partial charge in [-0.1, -0.05) is 256 Å². The summed E-state index contributed by atoms with van der Waals surface area (Å²) in [5.74, 6) is -0.202. The SMILES string of the molecule is CCCC/C=C/C(O)C(COP(=O)([O-])OCC[N+](C)(C)C)NC(=O)CCCCCCCCCCCCCCCCCCCCCCCCCCCCC/C=C\CCCCCCCCCC. The van der Waals surface area contributed by atoms with Crippen LogP contribution in [0, 0.1) is 0 Å². The lowest BCUT2D eigenvalue weighted by molar-refractivity contribution is -0.870. The topological polar surface area (TPSA) is 108 Å². The van der Waals surface area contributed by atoms with E-state index in [0.717, 1.165) is 38.5 Å². The average Bonchev–Trinajstić information content (AvgIpc) is 3.26. The van der Waals surface area contributed by atoms with Crippen molar-refractivity contribution in [2.45, 2.75) is 289 Å². The fourth-order valence-electron chi connectivity index (χ4n) is 8.43. The maximum Gasteiger partial charge on any atom is 0.268 e. The van der Waals surface area contributed by atoms with Crippen molar-refractivity contribution in [3.63, 3.8) is 0 Å². The Morgan fingerprint density at radius 3 is 1.23 bits per heavy atom. The second-order valence-corrected chi connectivity index (χ2v) is 22.1. The van der Waals surface area contributed by atoms with E-state index in [1.54, 1.807) is 6.08 Å². The third-order valence-electron chi connectivity index (χ3n) is 12.9. The molecule has 0 spiro atoms. The van der Waals surface area contributed by atoms with Gasteiger partial charge in [-0.05, 0) is 38.5 Å². The Morgan fingerprint density at radius 1 is 0.523 bits per heavy atom. The highest BCUT2D eigenvalue weighted by Gasteiger charge is 2.23. The molecule has 9 heteroatoms. The van der Waals surface area contributed by atoms with Crippen LogP contribution in [0.4, 0.5) is 0 Å². The Bertz CT molecular complexity index is 1110. The summed E-state index contributed by atoms with van der Waals surface area (Å²) < 4.78 is 23.0. The van der Waals surface area contributed by atoms with Crippen LogP contribution < -0.4 is 10.2 Å². The van der Waals surface area contributed by atoms with Crippen molar-refractivity contribution in [1.29, 1.82) is 0 Å². The number of phosphoric ester groups is 1. The lowest BCUT2D eigenvalue weighted by Gasteiger charge is -2.29. The molecule has 0 aromatic rings. The van der Waals surface area contributed by atoms with Gasteiger partial charge in [0.05, 0.1) is 39.9 Å². The van der Waals surface area contributed by atoms with Crippen LogP contribution >= 0.6 is 7.82 Å². The molecule has 1 amide bonds. The Morgan fingerprint density at radius 2 is 0.862 bits per heavy atom. The molecule has 0 aromatic carbocycles. The first-order valence-electron chi connectivity index (χ1n) is 28.2. The second-order valence-electron chi connectivity index (χ2n) is 20.6. The summed E-state index contributed by atoms with van der Waals surface area (Å²) in [7, 11) is 1.26. The third kappa shape index (κ3) is 50.7. The number of hydrogen-bond donors (Lipinski definition) is 2. The molecule has 0 aliphatic heterocycles. The molecule has 0 bridgehead atoms. The van der Waals surface area contributed by atoms with Gasteiger partial charge in [0.25, 0.3) is 7.82 Å². The summed E-state index contributed by atoms with van der Waals surface area (Å²) in [5, 5.41) is 13.5. The fraction of sp³-hybridized carbons (Fsp3) is 0.911. The summed E-state index contributed by atoms with van der Waals surface area (Å²) in [5.41, 5.74) is 0. The number of allylic oxidation sites excluding steroid dienone is 3. The predicted octanol–water partition coefficient (Wildman–Crippen LogP) is 16.2. The average molecular weight is 939 g/mol. The van der Waals surface area contributed by atoms with Gasteiger partial charge in [-0.3, -0.25) is 9.36 Å². The number of phosphoric acid groups is 1. The molecule has 0 heterocycles. The molecule has 0 aromatic heterocycles. The molecule has 2 N–H and O–H groups in total. The van der Waals surface area contributed by atoms with Crippen molar-refractivity contribution < 1.29 is 32.9 Å². The van der Waals surface area contributed by atoms with Crippen LogP contribution in [-0.2, 0) is 18.4 Å². The first-order valence-corrected chi connectivity index (χ1v) is 29.7. The number of nitrogens with zero attached hydrogens (tertiary/aromatic N) is 1. The van der Waals surface area contributed by atoms with Gasteiger partial charge in [0.2, 0.25) is 5.91 Å². The van der Waals surface area contributed by atoms with E-state index < -0.39 is 20.0 Å². The second kappa shape index (κ2) is 48.0. The van der Waals surface area contributed by atoms with Crippen molar-refractivity contribution in [2.24, 2.45) is 0 Å². The number of aliphatic hydroxyl groups excluding tert-OH is 1. The zero-order valence-corrected chi connectivity index (χ0v) is 44.9. The molecule has 65 heavy (non-hydrogen) atoms. The number of carbonyl (C=O) groups is 1. The van der Waals surface area contributed by atoms with Gasteiger partial charge in [-0.25, -0.2) is 0 Å². The Kier molecular flexibility index (Phi) is 47.3. The largest absolute Gasteiger partial charge is 0.756 e. The number of likely N-dealkylation sites (N-methyl/N-ethyl adjacent to an activating group) is 1. The van der Waals surface area contributed by atoms with Crippen LogP contribution in [0.2, 0.25) is 0 Å². The van der Waals surface area contributed by atoms with Crippen molar-refractivity contribution >= 4 is 13.7 Å². The van der Waals surface area contributed by atoms with Crippen molar-refractivity contribution in [2.75, 3.05) is 40.9 Å². The fourth-order valence-corrected chi connectivity index (χ4v) is 9.15. The minimum Gasteiger partial charge on any atom is -0.756 e. The van der Waals surface area contributed by atoms with Gasteiger partial charge in [0.1, 0.15) is 13.2 Å². The Balaban J connectivity index is 3.61. The van der Waals surface area contributed by atoms with E-state index in [-0.39, 0.29) is 19.1 Å². The summed E-state index contributed by atoms with van der Waals surface area (Å²) in [6, 6.07) is -0.878. The first-order chi connectivity index (χ1) is 31.5. The van der Waals surface area contributed by atoms with Crippen molar-refractivity contribution in [3.05, 3.63) is 24.3 Å². The van der Waals surface area contributed by atoms with E-state index in [9.17, 15) is 19.4 Å². The molecule has 0 rings (SSSR count). The molecular formula is C56H111N2O6P. The lowest BCUT2D eigenvalue weighted by atomic mass is 10.0. The number of quaternary nitrogens is 1. The molecule has 3 unspecified atom stereocenters. The lowest BCUT2D eigenvalue weighted by Crippen LogP contribution is -2.45. The monoisotopic (exact) mass is 939 g/mol. The maximum atomic E-state index is 12.7. The molecule has 0 aliphatic rings. The standard InChI is InChI=1S/C56H111N2O6P/c1-6-8-10-12-13-14-15-16-17-18-19-20-21-22-23-24-25-26-27-28-29-30-31-32-33-34-35-36-37-38-39-40-41-42-43-44-45-46-48-50-56(60)57-54(55(59)49-47-11-9-7-2)53-64-65(61,62)63-52-51-58(3,4)5/h18-19,47,49,54-55,59H,6-17,20-46,48,50-53H2,1-5H3,(H-,57,60,61,62)/b19-18-,49-47+. The minimum absolute atomic E-state index is 0.000112. The summed E-state index contributed by atoms with van der Waals surface area (Å²) >= 11 is 0. The molecule has 386 valence electrons.